The quantitative estimate of drug-likeness (QED) is 0.561. The molecule has 0 spiro atoms. The third-order valence-electron chi connectivity index (χ3n) is 4.62. The molecule has 1 aromatic rings. The summed E-state index contributed by atoms with van der Waals surface area (Å²) in [5.74, 6) is -0.580. The zero-order chi connectivity index (χ0) is 20.9. The van der Waals surface area contributed by atoms with Gasteiger partial charge in [0.05, 0.1) is 4.90 Å². The Hall–Kier alpha value is -2.90. The molecule has 3 rings (SSSR count). The molecule has 7 heteroatoms. The second-order valence-electron chi connectivity index (χ2n) is 6.60. The fraction of sp³-hybridized carbons (Fsp3) is 0.227. The number of hydrogen-bond acceptors (Lipinski definition) is 4. The fourth-order valence-electron chi connectivity index (χ4n) is 3.18. The first-order valence-electron chi connectivity index (χ1n) is 9.34. The van der Waals surface area contributed by atoms with Gasteiger partial charge in [0.15, 0.2) is 6.61 Å². The highest BCUT2D eigenvalue weighted by Gasteiger charge is 2.23. The minimum atomic E-state index is -3.64. The van der Waals surface area contributed by atoms with Crippen LogP contribution in [-0.2, 0) is 27.7 Å². The van der Waals surface area contributed by atoms with Crippen molar-refractivity contribution in [3.05, 3.63) is 71.8 Å². The Kier molecular flexibility index (Phi) is 6.51. The van der Waals surface area contributed by atoms with Gasteiger partial charge in [-0.05, 0) is 47.7 Å². The Labute approximate surface area is 170 Å². The molecule has 0 unspecified atom stereocenters. The van der Waals surface area contributed by atoms with E-state index in [9.17, 15) is 13.2 Å². The van der Waals surface area contributed by atoms with Crippen molar-refractivity contribution in [2.45, 2.75) is 24.7 Å². The highest BCUT2D eigenvalue weighted by atomic mass is 32.2. The van der Waals surface area contributed by atoms with Crippen LogP contribution in [0.5, 0.6) is 5.75 Å². The molecule has 0 bridgehead atoms. The molecular formula is C22H23NO5S. The van der Waals surface area contributed by atoms with Crippen LogP contribution in [0, 0.1) is 0 Å². The molecule has 0 aliphatic heterocycles. The molecule has 0 atom stereocenters. The van der Waals surface area contributed by atoms with Crippen molar-refractivity contribution in [2.75, 3.05) is 13.2 Å². The van der Waals surface area contributed by atoms with Crippen molar-refractivity contribution >= 4 is 16.0 Å². The summed E-state index contributed by atoms with van der Waals surface area (Å²) < 4.78 is 33.5. The van der Waals surface area contributed by atoms with Crippen LogP contribution < -0.4 is 9.46 Å². The van der Waals surface area contributed by atoms with Gasteiger partial charge in [-0.15, -0.1) is 0 Å². The Morgan fingerprint density at radius 1 is 1.03 bits per heavy atom. The number of carboxylic acids is 1. The van der Waals surface area contributed by atoms with Crippen LogP contribution in [-0.4, -0.2) is 32.6 Å². The summed E-state index contributed by atoms with van der Waals surface area (Å²) in [4.78, 5) is 10.8. The Morgan fingerprint density at radius 2 is 1.72 bits per heavy atom. The highest BCUT2D eigenvalue weighted by Crippen LogP contribution is 2.34. The van der Waals surface area contributed by atoms with Crippen LogP contribution in [0.2, 0.25) is 0 Å². The van der Waals surface area contributed by atoms with E-state index in [1.165, 1.54) is 0 Å². The molecule has 29 heavy (non-hydrogen) atoms. The number of fused-ring (bicyclic) bond motifs is 1. The van der Waals surface area contributed by atoms with Gasteiger partial charge in [-0.2, -0.15) is 0 Å². The van der Waals surface area contributed by atoms with Gasteiger partial charge in [0.2, 0.25) is 10.0 Å². The number of hydrogen-bond donors (Lipinski definition) is 2. The maximum absolute atomic E-state index is 12.9. The number of carboxylic acid groups (broad SMARTS) is 1. The number of aliphatic carboxylic acids is 1. The van der Waals surface area contributed by atoms with Gasteiger partial charge in [0.1, 0.15) is 5.75 Å². The van der Waals surface area contributed by atoms with Crippen LogP contribution in [0.25, 0.3) is 11.1 Å². The lowest BCUT2D eigenvalue weighted by molar-refractivity contribution is -0.139. The normalized spacial score (nSPS) is 11.5. The lowest BCUT2D eigenvalue weighted by Gasteiger charge is -2.08. The van der Waals surface area contributed by atoms with E-state index in [2.05, 4.69) is 4.72 Å². The standard InChI is InChI=1S/C22H23NO5S/c1-2-17-14-21(20-7-5-3-4-6-19(17)20)29(26,27)23-13-12-16-8-10-18(11-9-16)28-15-22(24)25/h3-11,14,23H,2,12-13,15H2,1H3,(H,24,25). The number of rotatable bonds is 9. The average molecular weight is 413 g/mol. The van der Waals surface area contributed by atoms with E-state index in [1.807, 2.05) is 37.3 Å². The molecule has 0 saturated carbocycles. The number of benzene rings is 1. The van der Waals surface area contributed by atoms with E-state index in [-0.39, 0.29) is 6.54 Å². The summed E-state index contributed by atoms with van der Waals surface area (Å²) in [6.45, 7) is 1.87. The fourth-order valence-corrected chi connectivity index (χ4v) is 4.47. The van der Waals surface area contributed by atoms with Crippen LogP contribution in [0.4, 0.5) is 0 Å². The molecule has 2 aliphatic rings. The Morgan fingerprint density at radius 3 is 2.38 bits per heavy atom. The minimum absolute atomic E-state index is 0.255. The third kappa shape index (κ3) is 5.13. The van der Waals surface area contributed by atoms with Crippen LogP contribution in [0.3, 0.4) is 0 Å². The Bertz CT molecular complexity index is 1060. The number of aryl methyl sites for hydroxylation is 1. The molecule has 2 aliphatic carbocycles. The molecule has 0 fully saturated rings. The lowest BCUT2D eigenvalue weighted by atomic mass is 10.1. The average Bonchev–Trinajstić information content (AvgIpc) is 2.88. The number of carbonyl (C=O) groups is 1. The Balaban J connectivity index is 1.67. The highest BCUT2D eigenvalue weighted by molar-refractivity contribution is 7.89. The van der Waals surface area contributed by atoms with Gasteiger partial charge in [-0.3, -0.25) is 0 Å². The molecule has 1 aromatic carbocycles. The van der Waals surface area contributed by atoms with Crippen molar-refractivity contribution in [1.82, 2.24) is 4.72 Å². The van der Waals surface area contributed by atoms with E-state index in [1.54, 1.807) is 30.3 Å². The number of nitrogens with one attached hydrogen (secondary N) is 1. The zero-order valence-corrected chi connectivity index (χ0v) is 16.9. The second-order valence-corrected chi connectivity index (χ2v) is 8.33. The predicted octanol–water partition coefficient (Wildman–Crippen LogP) is 3.34. The summed E-state index contributed by atoms with van der Waals surface area (Å²) in [6, 6.07) is 18.1. The SMILES string of the molecule is CCc1cc(S(=O)(=O)NCCc2ccc(OCC(=O)O)cc2)c2cccccc1-2. The summed E-state index contributed by atoms with van der Waals surface area (Å²) >= 11 is 0. The van der Waals surface area contributed by atoms with Gasteiger partial charge in [0, 0.05) is 12.1 Å². The van der Waals surface area contributed by atoms with Crippen molar-refractivity contribution in [3.63, 3.8) is 0 Å². The molecule has 152 valence electrons. The van der Waals surface area contributed by atoms with Crippen molar-refractivity contribution in [1.29, 1.82) is 0 Å². The van der Waals surface area contributed by atoms with Crippen molar-refractivity contribution in [2.24, 2.45) is 0 Å². The molecule has 0 radical (unpaired) electrons. The number of sulfonamides is 1. The molecule has 0 amide bonds. The first-order valence-corrected chi connectivity index (χ1v) is 10.8. The van der Waals surface area contributed by atoms with Gasteiger partial charge in [-0.1, -0.05) is 49.4 Å². The summed E-state index contributed by atoms with van der Waals surface area (Å²) in [6.07, 6.45) is 1.26. The minimum Gasteiger partial charge on any atom is -0.482 e. The molecule has 2 N–H and O–H groups in total. The maximum atomic E-state index is 12.9. The number of ether oxygens (including phenoxy) is 1. The molecule has 6 nitrogen and oxygen atoms in total. The first kappa shape index (κ1) is 20.8. The topological polar surface area (TPSA) is 92.7 Å². The third-order valence-corrected chi connectivity index (χ3v) is 6.12. The van der Waals surface area contributed by atoms with E-state index < -0.39 is 22.6 Å². The lowest BCUT2D eigenvalue weighted by Crippen LogP contribution is -2.26. The molecular weight excluding hydrogens is 390 g/mol. The predicted molar refractivity (Wildman–Crippen MR) is 111 cm³/mol. The van der Waals surface area contributed by atoms with E-state index in [4.69, 9.17) is 9.84 Å². The smallest absolute Gasteiger partial charge is 0.341 e. The van der Waals surface area contributed by atoms with Gasteiger partial charge < -0.3 is 9.84 Å². The van der Waals surface area contributed by atoms with E-state index >= 15 is 0 Å². The van der Waals surface area contributed by atoms with Crippen LogP contribution >= 0.6 is 0 Å². The van der Waals surface area contributed by atoms with E-state index in [0.29, 0.717) is 17.1 Å². The summed E-state index contributed by atoms with van der Waals surface area (Å²) in [7, 11) is -3.64. The van der Waals surface area contributed by atoms with Crippen LogP contribution in [0.15, 0.2) is 65.6 Å². The molecule has 0 saturated heterocycles. The first-order chi connectivity index (χ1) is 13.9. The summed E-state index contributed by atoms with van der Waals surface area (Å²) in [5, 5.41) is 8.62. The molecule has 0 aromatic heterocycles. The van der Waals surface area contributed by atoms with Gasteiger partial charge >= 0.3 is 5.97 Å². The zero-order valence-electron chi connectivity index (χ0n) is 16.1. The largest absolute Gasteiger partial charge is 0.482 e. The van der Waals surface area contributed by atoms with Crippen molar-refractivity contribution in [3.8, 4) is 16.9 Å². The van der Waals surface area contributed by atoms with Crippen LogP contribution in [0.1, 0.15) is 18.1 Å². The molecule has 0 heterocycles. The van der Waals surface area contributed by atoms with Gasteiger partial charge in [-0.25, -0.2) is 17.9 Å². The maximum Gasteiger partial charge on any atom is 0.341 e. The van der Waals surface area contributed by atoms with Crippen molar-refractivity contribution < 1.29 is 23.1 Å². The second kappa shape index (κ2) is 9.07. The monoisotopic (exact) mass is 413 g/mol. The van der Waals surface area contributed by atoms with Gasteiger partial charge in [0.25, 0.3) is 0 Å². The van der Waals surface area contributed by atoms with E-state index in [0.717, 1.165) is 28.7 Å². The summed E-state index contributed by atoms with van der Waals surface area (Å²) in [5.41, 5.74) is 3.60.